The molecule has 0 aliphatic carbocycles. The van der Waals surface area contributed by atoms with Gasteiger partial charge in [0.1, 0.15) is 0 Å². The smallest absolute Gasteiger partial charge is 0.292 e. The molecular formula is C12H30N2O4S+2. The molecule has 0 spiro atoms. The fourth-order valence-electron chi connectivity index (χ4n) is 1.79. The van der Waals surface area contributed by atoms with Crippen LogP contribution in [0, 0.1) is 0 Å². The van der Waals surface area contributed by atoms with Crippen LogP contribution < -0.4 is 0 Å². The minimum atomic E-state index is -4.39. The van der Waals surface area contributed by atoms with Crippen molar-refractivity contribution >= 4 is 10.1 Å². The van der Waals surface area contributed by atoms with E-state index in [0.717, 1.165) is 10.9 Å². The van der Waals surface area contributed by atoms with Crippen LogP contribution in [0.15, 0.2) is 0 Å². The summed E-state index contributed by atoms with van der Waals surface area (Å²) in [5.41, 5.74) is -1.71. The van der Waals surface area contributed by atoms with Crippen molar-refractivity contribution < 1.29 is 27.0 Å². The molecule has 116 valence electrons. The highest BCUT2D eigenvalue weighted by Gasteiger charge is 2.35. The molecule has 0 amide bonds. The van der Waals surface area contributed by atoms with Gasteiger partial charge in [-0.3, -0.25) is 4.55 Å². The van der Waals surface area contributed by atoms with E-state index in [1.165, 1.54) is 0 Å². The molecule has 0 aromatic rings. The first-order valence-corrected chi connectivity index (χ1v) is 7.92. The van der Waals surface area contributed by atoms with E-state index in [9.17, 15) is 13.5 Å². The molecule has 0 bridgehead atoms. The van der Waals surface area contributed by atoms with E-state index < -0.39 is 15.6 Å². The van der Waals surface area contributed by atoms with Gasteiger partial charge in [-0.05, 0) is 6.92 Å². The van der Waals surface area contributed by atoms with Gasteiger partial charge in [-0.2, -0.15) is 8.42 Å². The third kappa shape index (κ3) is 6.67. The van der Waals surface area contributed by atoms with E-state index >= 15 is 0 Å². The zero-order chi connectivity index (χ0) is 15.6. The van der Waals surface area contributed by atoms with Crippen molar-refractivity contribution in [3.05, 3.63) is 0 Å². The summed E-state index contributed by atoms with van der Waals surface area (Å²) in [4.78, 5) is 0. The molecule has 6 nitrogen and oxygen atoms in total. The van der Waals surface area contributed by atoms with Gasteiger partial charge < -0.3 is 14.1 Å². The van der Waals surface area contributed by atoms with Crippen LogP contribution in [0.1, 0.15) is 19.8 Å². The third-order valence-corrected chi connectivity index (χ3v) is 4.73. The molecule has 2 N–H and O–H groups in total. The summed E-state index contributed by atoms with van der Waals surface area (Å²) < 4.78 is 32.1. The molecule has 0 radical (unpaired) electrons. The van der Waals surface area contributed by atoms with Gasteiger partial charge in [0.2, 0.25) is 0 Å². The first-order chi connectivity index (χ1) is 8.15. The molecular weight excluding hydrogens is 268 g/mol. The monoisotopic (exact) mass is 298 g/mol. The first-order valence-electron chi connectivity index (χ1n) is 6.42. The van der Waals surface area contributed by atoms with E-state index in [1.54, 1.807) is 0 Å². The molecule has 0 heterocycles. The van der Waals surface area contributed by atoms with Crippen LogP contribution in [0.4, 0.5) is 0 Å². The molecule has 0 aliphatic rings. The number of nitrogens with zero attached hydrogens (tertiary/aromatic N) is 2. The number of quaternary nitrogens is 2. The highest BCUT2D eigenvalue weighted by Crippen LogP contribution is 2.21. The minimum Gasteiger partial charge on any atom is -0.375 e. The highest BCUT2D eigenvalue weighted by atomic mass is 32.2. The standard InChI is InChI=1S/C12H29N2O4S/c1-10(13(2,3)4)8-11(14(5,6)7)9-12(15)19(16,17)18/h10-12,15H,8-9H2,1-7H3/q+1/p+1. The SMILES string of the molecule is CC(CC(CC(O)S(=O)(=O)O)[N+](C)(C)C)[N+](C)(C)C. The van der Waals surface area contributed by atoms with Crippen molar-refractivity contribution in [2.75, 3.05) is 42.3 Å². The van der Waals surface area contributed by atoms with Crippen LogP contribution in [-0.4, -0.2) is 86.8 Å². The fourth-order valence-corrected chi connectivity index (χ4v) is 2.26. The van der Waals surface area contributed by atoms with E-state index in [0.29, 0.717) is 10.5 Å². The van der Waals surface area contributed by atoms with Gasteiger partial charge in [-0.25, -0.2) is 0 Å². The summed E-state index contributed by atoms with van der Waals surface area (Å²) in [5.74, 6) is 0. The zero-order valence-electron chi connectivity index (χ0n) is 13.2. The molecule has 0 fully saturated rings. The topological polar surface area (TPSA) is 74.6 Å². The van der Waals surface area contributed by atoms with Crippen molar-refractivity contribution in [1.29, 1.82) is 0 Å². The quantitative estimate of drug-likeness (QED) is 0.518. The van der Waals surface area contributed by atoms with Gasteiger partial charge >= 0.3 is 0 Å². The van der Waals surface area contributed by atoms with E-state index in [4.69, 9.17) is 4.55 Å². The van der Waals surface area contributed by atoms with E-state index in [-0.39, 0.29) is 12.5 Å². The summed E-state index contributed by atoms with van der Waals surface area (Å²) in [6.07, 6.45) is 0.798. The van der Waals surface area contributed by atoms with Crippen LogP contribution in [-0.2, 0) is 10.1 Å². The Morgan fingerprint density at radius 1 is 0.947 bits per heavy atom. The van der Waals surface area contributed by atoms with Gasteiger partial charge in [0.25, 0.3) is 10.1 Å². The van der Waals surface area contributed by atoms with Crippen molar-refractivity contribution in [2.45, 2.75) is 37.3 Å². The highest BCUT2D eigenvalue weighted by molar-refractivity contribution is 7.86. The van der Waals surface area contributed by atoms with Crippen molar-refractivity contribution in [1.82, 2.24) is 0 Å². The van der Waals surface area contributed by atoms with Crippen LogP contribution >= 0.6 is 0 Å². The molecule has 19 heavy (non-hydrogen) atoms. The predicted octanol–water partition coefficient (Wildman–Crippen LogP) is 0.142. The Balaban J connectivity index is 4.97. The number of aliphatic hydroxyl groups is 1. The van der Waals surface area contributed by atoms with Crippen molar-refractivity contribution in [3.63, 3.8) is 0 Å². The molecule has 0 rings (SSSR count). The largest absolute Gasteiger partial charge is 0.375 e. The minimum absolute atomic E-state index is 0.0344. The first kappa shape index (κ1) is 18.8. The lowest BCUT2D eigenvalue weighted by molar-refractivity contribution is -0.918. The van der Waals surface area contributed by atoms with Crippen LogP contribution in [0.3, 0.4) is 0 Å². The fraction of sp³-hybridized carbons (Fsp3) is 1.00. The van der Waals surface area contributed by atoms with Crippen molar-refractivity contribution in [3.8, 4) is 0 Å². The normalized spacial score (nSPS) is 19.0. The van der Waals surface area contributed by atoms with Gasteiger partial charge in [0.05, 0.1) is 60.8 Å². The molecule has 0 saturated carbocycles. The molecule has 3 atom stereocenters. The molecule has 7 heteroatoms. The van der Waals surface area contributed by atoms with Crippen LogP contribution in [0.5, 0.6) is 0 Å². The average molecular weight is 298 g/mol. The van der Waals surface area contributed by atoms with Gasteiger partial charge in [-0.1, -0.05) is 0 Å². The zero-order valence-corrected chi connectivity index (χ0v) is 14.0. The van der Waals surface area contributed by atoms with Crippen LogP contribution in [0.25, 0.3) is 0 Å². The van der Waals surface area contributed by atoms with E-state index in [2.05, 4.69) is 28.1 Å². The van der Waals surface area contributed by atoms with E-state index in [1.807, 2.05) is 21.1 Å². The maximum atomic E-state index is 11.0. The molecule has 0 aromatic carbocycles. The maximum absolute atomic E-state index is 11.0. The number of hydrogen-bond acceptors (Lipinski definition) is 3. The Bertz CT molecular complexity index is 382. The third-order valence-electron chi connectivity index (χ3n) is 3.85. The number of hydrogen-bond donors (Lipinski definition) is 2. The maximum Gasteiger partial charge on any atom is 0.292 e. The second-order valence-corrected chi connectivity index (χ2v) is 8.75. The van der Waals surface area contributed by atoms with Gasteiger partial charge in [0, 0.05) is 6.42 Å². The average Bonchev–Trinajstić information content (AvgIpc) is 2.11. The molecule has 0 aromatic heterocycles. The Labute approximate surface area is 117 Å². The second kappa shape index (κ2) is 6.05. The summed E-state index contributed by atoms with van der Waals surface area (Å²) in [7, 11) is 7.74. The Morgan fingerprint density at radius 2 is 1.37 bits per heavy atom. The Hall–Kier alpha value is -0.210. The molecule has 3 unspecified atom stereocenters. The summed E-state index contributed by atoms with van der Waals surface area (Å²) in [5, 5.41) is 9.58. The lowest BCUT2D eigenvalue weighted by atomic mass is 10.0. The summed E-state index contributed by atoms with van der Waals surface area (Å²) in [6, 6.07) is 0.264. The lowest BCUT2D eigenvalue weighted by Crippen LogP contribution is -2.53. The predicted molar refractivity (Wildman–Crippen MR) is 76.1 cm³/mol. The number of aliphatic hydroxyl groups excluding tert-OH is 1. The van der Waals surface area contributed by atoms with Gasteiger partial charge in [0.15, 0.2) is 5.44 Å². The summed E-state index contributed by atoms with van der Waals surface area (Å²) in [6.45, 7) is 2.10. The summed E-state index contributed by atoms with van der Waals surface area (Å²) >= 11 is 0. The lowest BCUT2D eigenvalue weighted by Gasteiger charge is -2.39. The Morgan fingerprint density at radius 3 is 1.63 bits per heavy atom. The van der Waals surface area contributed by atoms with Crippen LogP contribution in [0.2, 0.25) is 0 Å². The molecule has 0 saturated heterocycles. The molecule has 0 aliphatic heterocycles. The van der Waals surface area contributed by atoms with Gasteiger partial charge in [-0.15, -0.1) is 0 Å². The van der Waals surface area contributed by atoms with Crippen molar-refractivity contribution in [2.24, 2.45) is 0 Å². The number of rotatable bonds is 7. The second-order valence-electron chi connectivity index (χ2n) is 7.18. The Kier molecular flexibility index (Phi) is 5.98.